The van der Waals surface area contributed by atoms with Crippen LogP contribution in [0.3, 0.4) is 0 Å². The Labute approximate surface area is 115 Å². The molecule has 1 fully saturated rings. The van der Waals surface area contributed by atoms with Gasteiger partial charge in [0.2, 0.25) is 5.91 Å². The molecule has 0 spiro atoms. The standard InChI is InChI=1S/C13H27N3OS/c1-11(10-16-7-4-3-5-8-16)15-13(17)12(14)6-9-18-2/h11-12H,3-10,14H2,1-2H3,(H,15,17)/t11?,12-/m1/s1. The first-order valence-corrected chi connectivity index (χ1v) is 8.30. The molecule has 0 aromatic heterocycles. The fourth-order valence-electron chi connectivity index (χ4n) is 2.30. The summed E-state index contributed by atoms with van der Waals surface area (Å²) in [5, 5.41) is 3.02. The largest absolute Gasteiger partial charge is 0.351 e. The number of thioether (sulfide) groups is 1. The first kappa shape index (κ1) is 15.8. The molecule has 0 aliphatic carbocycles. The molecule has 0 aromatic rings. The third-order valence-electron chi connectivity index (χ3n) is 3.34. The zero-order valence-electron chi connectivity index (χ0n) is 11.7. The monoisotopic (exact) mass is 273 g/mol. The molecular weight excluding hydrogens is 246 g/mol. The molecule has 18 heavy (non-hydrogen) atoms. The van der Waals surface area contributed by atoms with Crippen LogP contribution >= 0.6 is 11.8 Å². The second-order valence-electron chi connectivity index (χ2n) is 5.16. The van der Waals surface area contributed by atoms with Crippen molar-refractivity contribution in [3.05, 3.63) is 0 Å². The first-order chi connectivity index (χ1) is 8.63. The van der Waals surface area contributed by atoms with Crippen LogP contribution in [-0.2, 0) is 4.79 Å². The smallest absolute Gasteiger partial charge is 0.237 e. The molecule has 0 radical (unpaired) electrons. The van der Waals surface area contributed by atoms with E-state index >= 15 is 0 Å². The van der Waals surface area contributed by atoms with Gasteiger partial charge in [-0.2, -0.15) is 11.8 Å². The fraction of sp³-hybridized carbons (Fsp3) is 0.923. The lowest BCUT2D eigenvalue weighted by atomic mass is 10.1. The molecule has 5 heteroatoms. The van der Waals surface area contributed by atoms with Gasteiger partial charge in [-0.3, -0.25) is 4.79 Å². The van der Waals surface area contributed by atoms with E-state index in [1.165, 1.54) is 32.4 Å². The Balaban J connectivity index is 2.21. The van der Waals surface area contributed by atoms with Crippen LogP contribution in [0.15, 0.2) is 0 Å². The third kappa shape index (κ3) is 6.07. The quantitative estimate of drug-likeness (QED) is 0.728. The van der Waals surface area contributed by atoms with Crippen molar-refractivity contribution in [1.82, 2.24) is 10.2 Å². The van der Waals surface area contributed by atoms with E-state index in [1.807, 2.05) is 6.26 Å². The highest BCUT2D eigenvalue weighted by molar-refractivity contribution is 7.98. The number of piperidine rings is 1. The van der Waals surface area contributed by atoms with E-state index in [-0.39, 0.29) is 18.0 Å². The zero-order valence-corrected chi connectivity index (χ0v) is 12.5. The van der Waals surface area contributed by atoms with E-state index in [4.69, 9.17) is 5.73 Å². The summed E-state index contributed by atoms with van der Waals surface area (Å²) in [5.41, 5.74) is 5.85. The van der Waals surface area contributed by atoms with Crippen LogP contribution in [0.1, 0.15) is 32.6 Å². The topological polar surface area (TPSA) is 58.4 Å². The number of nitrogens with two attached hydrogens (primary N) is 1. The van der Waals surface area contributed by atoms with E-state index in [0.717, 1.165) is 18.7 Å². The lowest BCUT2D eigenvalue weighted by Crippen LogP contribution is -2.49. The average Bonchev–Trinajstić information content (AvgIpc) is 2.36. The Bertz CT molecular complexity index is 244. The summed E-state index contributed by atoms with van der Waals surface area (Å²) < 4.78 is 0. The van der Waals surface area contributed by atoms with Gasteiger partial charge in [0, 0.05) is 12.6 Å². The second kappa shape index (κ2) is 8.77. The lowest BCUT2D eigenvalue weighted by Gasteiger charge is -2.29. The number of likely N-dealkylation sites (tertiary alicyclic amines) is 1. The van der Waals surface area contributed by atoms with Crippen LogP contribution in [0.4, 0.5) is 0 Å². The molecule has 1 rings (SSSR count). The maximum atomic E-state index is 11.8. The van der Waals surface area contributed by atoms with Crippen molar-refractivity contribution in [2.75, 3.05) is 31.6 Å². The Morgan fingerprint density at radius 2 is 2.06 bits per heavy atom. The molecular formula is C13H27N3OS. The molecule has 1 saturated heterocycles. The minimum absolute atomic E-state index is 0.00596. The number of carbonyl (C=O) groups excluding carboxylic acids is 1. The van der Waals surface area contributed by atoms with Crippen molar-refractivity contribution in [3.63, 3.8) is 0 Å². The Morgan fingerprint density at radius 3 is 2.67 bits per heavy atom. The van der Waals surface area contributed by atoms with Gasteiger partial charge < -0.3 is 16.0 Å². The number of rotatable bonds is 7. The maximum Gasteiger partial charge on any atom is 0.237 e. The highest BCUT2D eigenvalue weighted by atomic mass is 32.2. The predicted molar refractivity (Wildman–Crippen MR) is 78.9 cm³/mol. The predicted octanol–water partition coefficient (Wildman–Crippen LogP) is 1.06. The first-order valence-electron chi connectivity index (χ1n) is 6.90. The minimum atomic E-state index is -0.360. The van der Waals surface area contributed by atoms with Gasteiger partial charge in [-0.1, -0.05) is 6.42 Å². The highest BCUT2D eigenvalue weighted by Gasteiger charge is 2.18. The number of nitrogens with zero attached hydrogens (tertiary/aromatic N) is 1. The molecule has 2 atom stereocenters. The van der Waals surface area contributed by atoms with Gasteiger partial charge in [-0.15, -0.1) is 0 Å². The van der Waals surface area contributed by atoms with Crippen LogP contribution in [0, 0.1) is 0 Å². The van der Waals surface area contributed by atoms with Crippen molar-refractivity contribution in [3.8, 4) is 0 Å². The van der Waals surface area contributed by atoms with Crippen LogP contribution in [0.25, 0.3) is 0 Å². The van der Waals surface area contributed by atoms with E-state index < -0.39 is 0 Å². The van der Waals surface area contributed by atoms with Crippen molar-refractivity contribution in [2.24, 2.45) is 5.73 Å². The Kier molecular flexibility index (Phi) is 7.70. The molecule has 1 heterocycles. The SMILES string of the molecule is CSCC[C@@H](N)C(=O)NC(C)CN1CCCCC1. The molecule has 106 valence electrons. The summed E-state index contributed by atoms with van der Waals surface area (Å²) in [4.78, 5) is 14.3. The lowest BCUT2D eigenvalue weighted by molar-refractivity contribution is -0.123. The molecule has 4 nitrogen and oxygen atoms in total. The summed E-state index contributed by atoms with van der Waals surface area (Å²) >= 11 is 1.73. The molecule has 0 bridgehead atoms. The van der Waals surface area contributed by atoms with Gasteiger partial charge in [0.05, 0.1) is 6.04 Å². The van der Waals surface area contributed by atoms with Crippen molar-refractivity contribution in [2.45, 2.75) is 44.7 Å². The van der Waals surface area contributed by atoms with Gasteiger partial charge in [0.1, 0.15) is 0 Å². The number of hydrogen-bond donors (Lipinski definition) is 2. The van der Waals surface area contributed by atoms with Crippen molar-refractivity contribution >= 4 is 17.7 Å². The Hall–Kier alpha value is -0.260. The summed E-state index contributed by atoms with van der Waals surface area (Å²) in [6.45, 7) is 5.34. The van der Waals surface area contributed by atoms with Crippen LogP contribution in [-0.4, -0.2) is 54.5 Å². The van der Waals surface area contributed by atoms with Crippen LogP contribution in [0.2, 0.25) is 0 Å². The van der Waals surface area contributed by atoms with E-state index in [9.17, 15) is 4.79 Å². The van der Waals surface area contributed by atoms with Crippen molar-refractivity contribution in [1.29, 1.82) is 0 Å². The van der Waals surface area contributed by atoms with Crippen LogP contribution < -0.4 is 11.1 Å². The number of amides is 1. The molecule has 1 unspecified atom stereocenters. The van der Waals surface area contributed by atoms with Gasteiger partial charge in [0.25, 0.3) is 0 Å². The second-order valence-corrected chi connectivity index (χ2v) is 6.14. The summed E-state index contributed by atoms with van der Waals surface area (Å²) in [5.74, 6) is 0.934. The van der Waals surface area contributed by atoms with Crippen LogP contribution in [0.5, 0.6) is 0 Å². The molecule has 0 saturated carbocycles. The van der Waals surface area contributed by atoms with E-state index in [0.29, 0.717) is 0 Å². The van der Waals surface area contributed by atoms with Gasteiger partial charge in [0.15, 0.2) is 0 Å². The number of carbonyl (C=O) groups is 1. The maximum absolute atomic E-state index is 11.8. The summed E-state index contributed by atoms with van der Waals surface area (Å²) in [7, 11) is 0. The minimum Gasteiger partial charge on any atom is -0.351 e. The molecule has 1 amide bonds. The van der Waals surface area contributed by atoms with Gasteiger partial charge in [-0.05, 0) is 51.3 Å². The fourth-order valence-corrected chi connectivity index (χ4v) is 2.79. The van der Waals surface area contributed by atoms with Gasteiger partial charge in [-0.25, -0.2) is 0 Å². The molecule has 0 aromatic carbocycles. The number of hydrogen-bond acceptors (Lipinski definition) is 4. The molecule has 1 aliphatic rings. The average molecular weight is 273 g/mol. The molecule has 1 aliphatic heterocycles. The molecule has 3 N–H and O–H groups in total. The summed E-state index contributed by atoms with van der Waals surface area (Å²) in [6, 6.07) is -0.169. The van der Waals surface area contributed by atoms with E-state index in [2.05, 4.69) is 17.1 Å². The van der Waals surface area contributed by atoms with Crippen molar-refractivity contribution < 1.29 is 4.79 Å². The number of nitrogens with one attached hydrogen (secondary N) is 1. The highest BCUT2D eigenvalue weighted by Crippen LogP contribution is 2.08. The Morgan fingerprint density at radius 1 is 1.39 bits per heavy atom. The zero-order chi connectivity index (χ0) is 13.4. The van der Waals surface area contributed by atoms with Gasteiger partial charge >= 0.3 is 0 Å². The normalized spacial score (nSPS) is 20.4. The van der Waals surface area contributed by atoms with E-state index in [1.54, 1.807) is 11.8 Å². The third-order valence-corrected chi connectivity index (χ3v) is 3.98. The summed E-state index contributed by atoms with van der Waals surface area (Å²) in [6.07, 6.45) is 6.70.